The lowest BCUT2D eigenvalue weighted by Gasteiger charge is -2.38. The molecule has 3 atom stereocenters. The van der Waals surface area contributed by atoms with Gasteiger partial charge in [0.2, 0.25) is 20.0 Å². The van der Waals surface area contributed by atoms with E-state index >= 15 is 0 Å². The molecule has 0 saturated carbocycles. The van der Waals surface area contributed by atoms with E-state index in [1.165, 1.54) is 46.6 Å². The van der Waals surface area contributed by atoms with Crippen molar-refractivity contribution >= 4 is 31.6 Å². The Labute approximate surface area is 213 Å². The molecule has 2 aromatic carbocycles. The predicted octanol–water partition coefficient (Wildman–Crippen LogP) is 1.91. The molecule has 0 radical (unpaired) electrons. The first-order valence-electron chi connectivity index (χ1n) is 11.5. The highest BCUT2D eigenvalue weighted by Gasteiger charge is 2.36. The van der Waals surface area contributed by atoms with Crippen LogP contribution in [-0.2, 0) is 20.0 Å². The van der Waals surface area contributed by atoms with Gasteiger partial charge in [-0.25, -0.2) is 16.8 Å². The lowest BCUT2D eigenvalue weighted by molar-refractivity contribution is 0.0389. The molecule has 1 aliphatic rings. The third-order valence-electron chi connectivity index (χ3n) is 6.15. The minimum absolute atomic E-state index is 0.0146. The molecule has 36 heavy (non-hydrogen) atoms. The molecule has 0 spiro atoms. The standard InChI is InChI=1S/C24H33N3O7S2/c1-16-9-11-19(12-10-16)36(32,33)26(4)14-22-17(2)13-27(18(3)15-28)24(29)20-7-6-8-21(23(20)34-22)25-35(5,30)31/h6-12,17-18,22,25,28H,13-15H2,1-5H3/t17-,18+,22+/m0/s1. The summed E-state index contributed by atoms with van der Waals surface area (Å²) in [4.78, 5) is 15.0. The maximum Gasteiger partial charge on any atom is 0.258 e. The number of fused-ring (bicyclic) bond motifs is 1. The molecular weight excluding hydrogens is 506 g/mol. The number of aryl methyl sites for hydroxylation is 1. The molecular formula is C24H33N3O7S2. The Kier molecular flexibility index (Phi) is 8.33. The Morgan fingerprint density at radius 2 is 1.81 bits per heavy atom. The van der Waals surface area contributed by atoms with E-state index in [1.54, 1.807) is 19.1 Å². The lowest BCUT2D eigenvalue weighted by Crippen LogP contribution is -2.50. The number of rotatable bonds is 8. The number of likely N-dealkylation sites (N-methyl/N-ethyl adjacent to an activating group) is 1. The van der Waals surface area contributed by atoms with E-state index in [-0.39, 0.29) is 47.5 Å². The average Bonchev–Trinajstić information content (AvgIpc) is 2.80. The van der Waals surface area contributed by atoms with Gasteiger partial charge in [0.15, 0.2) is 5.75 Å². The third-order valence-corrected chi connectivity index (χ3v) is 8.58. The number of hydrogen-bond donors (Lipinski definition) is 2. The Morgan fingerprint density at radius 3 is 2.39 bits per heavy atom. The Hall–Kier alpha value is -2.67. The number of nitrogens with zero attached hydrogens (tertiary/aromatic N) is 2. The molecule has 0 saturated heterocycles. The van der Waals surface area contributed by atoms with Crippen LogP contribution in [-0.4, -0.2) is 82.2 Å². The summed E-state index contributed by atoms with van der Waals surface area (Å²) in [5.74, 6) is -0.770. The fourth-order valence-electron chi connectivity index (χ4n) is 3.98. The van der Waals surface area contributed by atoms with Crippen molar-refractivity contribution in [2.75, 3.05) is 37.7 Å². The summed E-state index contributed by atoms with van der Waals surface area (Å²) in [6, 6.07) is 10.5. The molecule has 1 heterocycles. The van der Waals surface area contributed by atoms with Gasteiger partial charge in [-0.05, 0) is 38.1 Å². The van der Waals surface area contributed by atoms with Crippen LogP contribution in [0, 0.1) is 12.8 Å². The van der Waals surface area contributed by atoms with Gasteiger partial charge in [0.1, 0.15) is 6.10 Å². The highest BCUT2D eigenvalue weighted by molar-refractivity contribution is 7.92. The molecule has 1 aliphatic heterocycles. The number of ether oxygens (including phenoxy) is 1. The first kappa shape index (κ1) is 27.9. The zero-order chi connectivity index (χ0) is 26.8. The molecule has 2 N–H and O–H groups in total. The van der Waals surface area contributed by atoms with Crippen LogP contribution in [0.25, 0.3) is 0 Å². The maximum atomic E-state index is 13.4. The molecule has 198 valence electrons. The number of para-hydroxylation sites is 1. The van der Waals surface area contributed by atoms with Gasteiger partial charge in [0.25, 0.3) is 5.91 Å². The highest BCUT2D eigenvalue weighted by Crippen LogP contribution is 2.35. The molecule has 0 aromatic heterocycles. The van der Waals surface area contributed by atoms with E-state index in [0.29, 0.717) is 0 Å². The summed E-state index contributed by atoms with van der Waals surface area (Å²) in [5, 5.41) is 9.77. The van der Waals surface area contributed by atoms with Crippen molar-refractivity contribution in [2.24, 2.45) is 5.92 Å². The number of carbonyl (C=O) groups is 1. The zero-order valence-corrected chi connectivity index (χ0v) is 22.6. The Bertz CT molecular complexity index is 1310. The summed E-state index contributed by atoms with van der Waals surface area (Å²) < 4.78 is 60.3. The van der Waals surface area contributed by atoms with E-state index in [9.17, 15) is 26.7 Å². The van der Waals surface area contributed by atoms with Crippen LogP contribution in [0.4, 0.5) is 5.69 Å². The summed E-state index contributed by atoms with van der Waals surface area (Å²) in [6.07, 6.45) is 0.247. The number of amides is 1. The van der Waals surface area contributed by atoms with Gasteiger partial charge in [0.05, 0.1) is 41.6 Å². The molecule has 0 unspecified atom stereocenters. The SMILES string of the molecule is Cc1ccc(S(=O)(=O)N(C)C[C@H]2Oc3c(NS(C)(=O)=O)cccc3C(=O)N([C@H](C)CO)C[C@@H]2C)cc1. The molecule has 3 rings (SSSR count). The largest absolute Gasteiger partial charge is 0.486 e. The highest BCUT2D eigenvalue weighted by atomic mass is 32.2. The number of aliphatic hydroxyl groups excluding tert-OH is 1. The average molecular weight is 540 g/mol. The quantitative estimate of drug-likeness (QED) is 0.523. The maximum absolute atomic E-state index is 13.4. The molecule has 0 bridgehead atoms. The number of aliphatic hydroxyl groups is 1. The van der Waals surface area contributed by atoms with Crippen LogP contribution in [0.2, 0.25) is 0 Å². The molecule has 12 heteroatoms. The van der Waals surface area contributed by atoms with E-state index in [2.05, 4.69) is 4.72 Å². The van der Waals surface area contributed by atoms with Crippen LogP contribution in [0.3, 0.4) is 0 Å². The fourth-order valence-corrected chi connectivity index (χ4v) is 5.73. The summed E-state index contributed by atoms with van der Waals surface area (Å²) in [5.41, 5.74) is 1.12. The summed E-state index contributed by atoms with van der Waals surface area (Å²) >= 11 is 0. The number of nitrogens with one attached hydrogen (secondary N) is 1. The molecule has 0 aliphatic carbocycles. The van der Waals surface area contributed by atoms with Crippen LogP contribution in [0.1, 0.15) is 29.8 Å². The normalized spacial score (nSPS) is 19.8. The van der Waals surface area contributed by atoms with Crippen LogP contribution in [0.5, 0.6) is 5.75 Å². The Balaban J connectivity index is 2.05. The van der Waals surface area contributed by atoms with Gasteiger partial charge in [0, 0.05) is 19.5 Å². The summed E-state index contributed by atoms with van der Waals surface area (Å²) in [7, 11) is -6.09. The predicted molar refractivity (Wildman–Crippen MR) is 137 cm³/mol. The monoisotopic (exact) mass is 539 g/mol. The lowest BCUT2D eigenvalue weighted by atomic mass is 9.99. The van der Waals surface area contributed by atoms with E-state index in [1.807, 2.05) is 13.8 Å². The number of benzene rings is 2. The van der Waals surface area contributed by atoms with E-state index < -0.39 is 38.1 Å². The van der Waals surface area contributed by atoms with Crippen LogP contribution >= 0.6 is 0 Å². The van der Waals surface area contributed by atoms with Gasteiger partial charge in [-0.1, -0.05) is 30.7 Å². The number of anilines is 1. The first-order valence-corrected chi connectivity index (χ1v) is 14.8. The Morgan fingerprint density at radius 1 is 1.17 bits per heavy atom. The molecule has 2 aromatic rings. The van der Waals surface area contributed by atoms with Crippen molar-refractivity contribution in [1.29, 1.82) is 0 Å². The van der Waals surface area contributed by atoms with Crippen molar-refractivity contribution < 1.29 is 31.5 Å². The van der Waals surface area contributed by atoms with Crippen molar-refractivity contribution in [3.05, 3.63) is 53.6 Å². The second-order valence-electron chi connectivity index (χ2n) is 9.28. The zero-order valence-electron chi connectivity index (χ0n) is 21.0. The van der Waals surface area contributed by atoms with Gasteiger partial charge in [-0.3, -0.25) is 9.52 Å². The van der Waals surface area contributed by atoms with Gasteiger partial charge in [-0.15, -0.1) is 0 Å². The minimum Gasteiger partial charge on any atom is -0.486 e. The van der Waals surface area contributed by atoms with Crippen LogP contribution in [0.15, 0.2) is 47.4 Å². The second kappa shape index (κ2) is 10.8. The topological polar surface area (TPSA) is 133 Å². The number of sulfonamides is 2. The first-order chi connectivity index (χ1) is 16.7. The van der Waals surface area contributed by atoms with E-state index in [4.69, 9.17) is 4.74 Å². The number of carbonyl (C=O) groups excluding carboxylic acids is 1. The van der Waals surface area contributed by atoms with E-state index in [0.717, 1.165) is 11.8 Å². The molecule has 1 amide bonds. The van der Waals surface area contributed by atoms with Crippen molar-refractivity contribution in [2.45, 2.75) is 37.8 Å². The number of hydrogen-bond acceptors (Lipinski definition) is 7. The third kappa shape index (κ3) is 6.17. The fraction of sp³-hybridized carbons (Fsp3) is 0.458. The smallest absolute Gasteiger partial charge is 0.258 e. The minimum atomic E-state index is -3.84. The second-order valence-corrected chi connectivity index (χ2v) is 13.1. The summed E-state index contributed by atoms with van der Waals surface area (Å²) in [6.45, 7) is 5.26. The van der Waals surface area contributed by atoms with Crippen LogP contribution < -0.4 is 9.46 Å². The molecule has 0 fully saturated rings. The van der Waals surface area contributed by atoms with Gasteiger partial charge < -0.3 is 14.7 Å². The van der Waals surface area contributed by atoms with Crippen molar-refractivity contribution in [1.82, 2.24) is 9.21 Å². The van der Waals surface area contributed by atoms with Gasteiger partial charge in [-0.2, -0.15) is 4.31 Å². The van der Waals surface area contributed by atoms with Crippen molar-refractivity contribution in [3.8, 4) is 5.75 Å². The van der Waals surface area contributed by atoms with Crippen molar-refractivity contribution in [3.63, 3.8) is 0 Å². The molecule has 10 nitrogen and oxygen atoms in total. The van der Waals surface area contributed by atoms with Gasteiger partial charge >= 0.3 is 0 Å².